The van der Waals surface area contributed by atoms with Gasteiger partial charge in [0.05, 0.1) is 12.2 Å². The van der Waals surface area contributed by atoms with Crippen molar-refractivity contribution in [3.63, 3.8) is 0 Å². The molecule has 0 unspecified atom stereocenters. The lowest BCUT2D eigenvalue weighted by Gasteiger charge is -2.57. The Balaban J connectivity index is 1.52. The number of aliphatic hydroxyl groups is 2. The van der Waals surface area contributed by atoms with Gasteiger partial charge in [0.2, 0.25) is 0 Å². The second-order valence-corrected chi connectivity index (χ2v) is 9.79. The highest BCUT2D eigenvalue weighted by Gasteiger charge is 2.57. The average Bonchev–Trinajstić information content (AvgIpc) is 2.90. The lowest BCUT2D eigenvalue weighted by molar-refractivity contribution is -0.119. The molecule has 4 rings (SSSR count). The molecule has 0 heterocycles. The van der Waals surface area contributed by atoms with Gasteiger partial charge in [0.15, 0.2) is 0 Å². The molecule has 0 bridgehead atoms. The summed E-state index contributed by atoms with van der Waals surface area (Å²) in [5.41, 5.74) is -0.138. The predicted octanol–water partition coefficient (Wildman–Crippen LogP) is 4.39. The van der Waals surface area contributed by atoms with Crippen LogP contribution in [0.3, 0.4) is 0 Å². The van der Waals surface area contributed by atoms with E-state index in [9.17, 15) is 10.2 Å². The lowest BCUT2D eigenvalue weighted by Crippen LogP contribution is -2.51. The molecule has 132 valence electrons. The van der Waals surface area contributed by atoms with Crippen LogP contribution in [0.5, 0.6) is 0 Å². The summed E-state index contributed by atoms with van der Waals surface area (Å²) in [6.07, 6.45) is 12.8. The molecule has 23 heavy (non-hydrogen) atoms. The van der Waals surface area contributed by atoms with Crippen LogP contribution in [-0.4, -0.2) is 22.4 Å². The summed E-state index contributed by atoms with van der Waals surface area (Å²) in [5.74, 6) is 5.35. The van der Waals surface area contributed by atoms with Gasteiger partial charge in [0.25, 0.3) is 0 Å². The first kappa shape index (κ1) is 16.4. The largest absolute Gasteiger partial charge is 0.393 e. The molecule has 4 aliphatic carbocycles. The summed E-state index contributed by atoms with van der Waals surface area (Å²) in [6, 6.07) is 0. The molecule has 0 radical (unpaired) electrons. The molecule has 0 spiro atoms. The van der Waals surface area contributed by atoms with E-state index in [1.807, 2.05) is 0 Å². The first-order valence-corrected chi connectivity index (χ1v) is 10.3. The maximum absolute atomic E-state index is 10.5. The van der Waals surface area contributed by atoms with E-state index in [2.05, 4.69) is 13.8 Å². The quantitative estimate of drug-likeness (QED) is 0.792. The number of fused-ring (bicyclic) bond motifs is 5. The van der Waals surface area contributed by atoms with E-state index in [1.54, 1.807) is 0 Å². The maximum Gasteiger partial charge on any atom is 0.0880 e. The predicted molar refractivity (Wildman–Crippen MR) is 92.9 cm³/mol. The van der Waals surface area contributed by atoms with E-state index in [1.165, 1.54) is 44.9 Å². The number of aliphatic hydroxyl groups excluding tert-OH is 1. The van der Waals surface area contributed by atoms with Crippen LogP contribution in [0.2, 0.25) is 0 Å². The Morgan fingerprint density at radius 1 is 0.913 bits per heavy atom. The molecule has 0 aromatic rings. The van der Waals surface area contributed by atoms with Crippen molar-refractivity contribution in [2.24, 2.45) is 40.9 Å². The minimum absolute atomic E-state index is 0.0385. The van der Waals surface area contributed by atoms with Crippen molar-refractivity contribution in [1.29, 1.82) is 0 Å². The topological polar surface area (TPSA) is 40.5 Å². The molecule has 0 saturated heterocycles. The Morgan fingerprint density at radius 2 is 1.70 bits per heavy atom. The summed E-state index contributed by atoms with van der Waals surface area (Å²) >= 11 is 0. The fourth-order valence-corrected chi connectivity index (χ4v) is 7.89. The van der Waals surface area contributed by atoms with Gasteiger partial charge in [-0.3, -0.25) is 0 Å². The first-order valence-electron chi connectivity index (χ1n) is 10.3. The van der Waals surface area contributed by atoms with Crippen LogP contribution in [-0.2, 0) is 0 Å². The van der Waals surface area contributed by atoms with Crippen LogP contribution in [0.4, 0.5) is 0 Å². The van der Waals surface area contributed by atoms with Crippen LogP contribution in [0, 0.1) is 40.9 Å². The lowest BCUT2D eigenvalue weighted by atomic mass is 9.49. The normalized spacial score (nSPS) is 55.8. The molecule has 0 aromatic carbocycles. The highest BCUT2D eigenvalue weighted by atomic mass is 16.3. The Bertz CT molecular complexity index is 449. The number of hydrogen-bond donors (Lipinski definition) is 2. The third-order valence-electron chi connectivity index (χ3n) is 9.09. The van der Waals surface area contributed by atoms with Crippen molar-refractivity contribution in [2.45, 2.75) is 83.7 Å². The second kappa shape index (κ2) is 5.73. The van der Waals surface area contributed by atoms with Crippen molar-refractivity contribution in [1.82, 2.24) is 0 Å². The summed E-state index contributed by atoms with van der Waals surface area (Å²) in [7, 11) is 0. The highest BCUT2D eigenvalue weighted by molar-refractivity contribution is 5.06. The summed E-state index contributed by atoms with van der Waals surface area (Å²) in [6.45, 7) is 4.98. The third-order valence-corrected chi connectivity index (χ3v) is 9.09. The van der Waals surface area contributed by atoms with Gasteiger partial charge in [-0.2, -0.15) is 0 Å². The van der Waals surface area contributed by atoms with Gasteiger partial charge in [0, 0.05) is 0 Å². The van der Waals surface area contributed by atoms with Crippen LogP contribution < -0.4 is 0 Å². The SMILES string of the molecule is CC[C@H]1CC[C@H]2[C@@H]3CC[C@@H]4C[C@@](O)(CO)CC[C@@H]4[C@H]3CC[C@]12C. The fraction of sp³-hybridized carbons (Fsp3) is 1.00. The van der Waals surface area contributed by atoms with Crippen LogP contribution in [0.15, 0.2) is 0 Å². The first-order chi connectivity index (χ1) is 11.0. The fourth-order valence-electron chi connectivity index (χ4n) is 7.89. The standard InChI is InChI=1S/C21H36O2/c1-3-15-5-7-19-18-6-4-14-12-21(23,13-22)11-9-16(14)17(18)8-10-20(15,19)2/h14-19,22-23H,3-13H2,1-2H3/t14-,15+,16+,17-,18-,19+,20-,21-/m1/s1. The zero-order valence-corrected chi connectivity index (χ0v) is 15.1. The number of hydrogen-bond acceptors (Lipinski definition) is 2. The molecule has 8 atom stereocenters. The summed E-state index contributed by atoms with van der Waals surface area (Å²) in [5, 5.41) is 20.1. The van der Waals surface area contributed by atoms with E-state index < -0.39 is 5.60 Å². The molecule has 0 aliphatic heterocycles. The van der Waals surface area contributed by atoms with Crippen molar-refractivity contribution < 1.29 is 10.2 Å². The molecular formula is C21H36O2. The van der Waals surface area contributed by atoms with Crippen molar-refractivity contribution >= 4 is 0 Å². The average molecular weight is 321 g/mol. The third kappa shape index (κ3) is 2.42. The summed E-state index contributed by atoms with van der Waals surface area (Å²) < 4.78 is 0. The van der Waals surface area contributed by atoms with E-state index >= 15 is 0 Å². The Morgan fingerprint density at radius 3 is 2.43 bits per heavy atom. The molecule has 4 saturated carbocycles. The van der Waals surface area contributed by atoms with Crippen molar-refractivity contribution in [2.75, 3.05) is 6.61 Å². The van der Waals surface area contributed by atoms with E-state index in [0.29, 0.717) is 11.3 Å². The maximum atomic E-state index is 10.5. The van der Waals surface area contributed by atoms with Gasteiger partial charge in [0.1, 0.15) is 0 Å². The van der Waals surface area contributed by atoms with Gasteiger partial charge in [-0.15, -0.1) is 0 Å². The summed E-state index contributed by atoms with van der Waals surface area (Å²) in [4.78, 5) is 0. The number of rotatable bonds is 2. The van der Waals surface area contributed by atoms with E-state index in [4.69, 9.17) is 0 Å². The zero-order chi connectivity index (χ0) is 16.2. The van der Waals surface area contributed by atoms with Crippen LogP contribution in [0.25, 0.3) is 0 Å². The minimum atomic E-state index is -0.766. The molecule has 2 N–H and O–H groups in total. The van der Waals surface area contributed by atoms with E-state index in [0.717, 1.165) is 48.9 Å². The Kier molecular flexibility index (Phi) is 4.08. The van der Waals surface area contributed by atoms with Crippen LogP contribution >= 0.6 is 0 Å². The van der Waals surface area contributed by atoms with Crippen molar-refractivity contribution in [3.8, 4) is 0 Å². The van der Waals surface area contributed by atoms with E-state index in [-0.39, 0.29) is 6.61 Å². The van der Waals surface area contributed by atoms with Gasteiger partial charge < -0.3 is 10.2 Å². The molecular weight excluding hydrogens is 284 g/mol. The Hall–Kier alpha value is -0.0800. The monoisotopic (exact) mass is 320 g/mol. The zero-order valence-electron chi connectivity index (χ0n) is 15.1. The van der Waals surface area contributed by atoms with Crippen LogP contribution in [0.1, 0.15) is 78.1 Å². The molecule has 0 amide bonds. The van der Waals surface area contributed by atoms with Gasteiger partial charge >= 0.3 is 0 Å². The molecule has 4 aliphatic rings. The second-order valence-electron chi connectivity index (χ2n) is 9.79. The Labute approximate surface area is 142 Å². The smallest absolute Gasteiger partial charge is 0.0880 e. The van der Waals surface area contributed by atoms with Crippen molar-refractivity contribution in [3.05, 3.63) is 0 Å². The van der Waals surface area contributed by atoms with Gasteiger partial charge in [-0.05, 0) is 98.7 Å². The molecule has 4 fully saturated rings. The van der Waals surface area contributed by atoms with Gasteiger partial charge in [-0.25, -0.2) is 0 Å². The minimum Gasteiger partial charge on any atom is -0.393 e. The highest BCUT2D eigenvalue weighted by Crippen LogP contribution is 2.65. The van der Waals surface area contributed by atoms with Gasteiger partial charge in [-0.1, -0.05) is 20.3 Å². The molecule has 2 nitrogen and oxygen atoms in total. The molecule has 0 aromatic heterocycles. The molecule has 2 heteroatoms.